The van der Waals surface area contributed by atoms with Crippen molar-refractivity contribution in [2.45, 2.75) is 32.6 Å². The van der Waals surface area contributed by atoms with Gasteiger partial charge < -0.3 is 10.6 Å². The van der Waals surface area contributed by atoms with Crippen LogP contribution in [0.15, 0.2) is 35.5 Å². The Hall–Kier alpha value is -1.36. The Kier molecular flexibility index (Phi) is 8.13. The van der Waals surface area contributed by atoms with Gasteiger partial charge in [-0.3, -0.25) is 4.99 Å². The summed E-state index contributed by atoms with van der Waals surface area (Å²) in [5.41, 5.74) is -0.118. The third-order valence-corrected chi connectivity index (χ3v) is 4.28. The van der Waals surface area contributed by atoms with E-state index in [9.17, 15) is 13.2 Å². The number of guanidine groups is 1. The van der Waals surface area contributed by atoms with Gasteiger partial charge in [0.2, 0.25) is 0 Å². The molecule has 1 atom stereocenters. The van der Waals surface area contributed by atoms with E-state index in [-0.39, 0.29) is 30.0 Å². The summed E-state index contributed by atoms with van der Waals surface area (Å²) in [5, 5.41) is 7.11. The highest BCUT2D eigenvalue weighted by Gasteiger charge is 2.30. The summed E-state index contributed by atoms with van der Waals surface area (Å²) >= 11 is 1.58. The highest BCUT2D eigenvalue weighted by atomic mass is 127. The van der Waals surface area contributed by atoms with Gasteiger partial charge in [0.25, 0.3) is 0 Å². The number of rotatable bonds is 4. The van der Waals surface area contributed by atoms with Crippen LogP contribution in [0, 0.1) is 6.92 Å². The summed E-state index contributed by atoms with van der Waals surface area (Å²) in [5.74, 6) is 0.507. The summed E-state index contributed by atoms with van der Waals surface area (Å²) in [6, 6.07) is 4.95. The van der Waals surface area contributed by atoms with Crippen LogP contribution in [0.1, 0.15) is 34.0 Å². The molecule has 2 rings (SSSR count). The van der Waals surface area contributed by atoms with Crippen LogP contribution in [0.2, 0.25) is 0 Å². The maximum Gasteiger partial charge on any atom is 0.416 e. The van der Waals surface area contributed by atoms with Gasteiger partial charge in [-0.25, -0.2) is 4.98 Å². The first-order chi connectivity index (χ1) is 11.3. The maximum atomic E-state index is 12.8. The molecule has 2 aromatic rings. The zero-order valence-electron chi connectivity index (χ0n) is 14.0. The van der Waals surface area contributed by atoms with Crippen molar-refractivity contribution in [3.8, 4) is 0 Å². The van der Waals surface area contributed by atoms with Crippen molar-refractivity contribution >= 4 is 41.3 Å². The second-order valence-electron chi connectivity index (χ2n) is 5.28. The molecule has 2 N–H and O–H groups in total. The Balaban J connectivity index is 0.00000312. The normalized spacial score (nSPS) is 13.1. The van der Waals surface area contributed by atoms with E-state index in [0.717, 1.165) is 22.0 Å². The number of hydrogen-bond acceptors (Lipinski definition) is 3. The van der Waals surface area contributed by atoms with Crippen molar-refractivity contribution in [3.05, 3.63) is 51.5 Å². The molecule has 1 aromatic heterocycles. The fraction of sp³-hybridized carbons (Fsp3) is 0.375. The van der Waals surface area contributed by atoms with Crippen LogP contribution in [0.4, 0.5) is 13.2 Å². The minimum atomic E-state index is -4.35. The van der Waals surface area contributed by atoms with Crippen LogP contribution < -0.4 is 10.6 Å². The molecule has 0 spiro atoms. The van der Waals surface area contributed by atoms with Crippen molar-refractivity contribution < 1.29 is 13.2 Å². The number of aromatic nitrogens is 1. The Morgan fingerprint density at radius 2 is 2.08 bits per heavy atom. The molecule has 0 aliphatic carbocycles. The number of alkyl halides is 3. The quantitative estimate of drug-likeness (QED) is 0.382. The molecule has 0 saturated carbocycles. The molecule has 0 aliphatic heterocycles. The van der Waals surface area contributed by atoms with E-state index >= 15 is 0 Å². The van der Waals surface area contributed by atoms with Crippen LogP contribution in [0.25, 0.3) is 0 Å². The fourth-order valence-electron chi connectivity index (χ4n) is 2.11. The van der Waals surface area contributed by atoms with Crippen molar-refractivity contribution in [3.63, 3.8) is 0 Å². The molecule has 4 nitrogen and oxygen atoms in total. The molecule has 0 amide bonds. The molecule has 0 saturated heterocycles. The van der Waals surface area contributed by atoms with E-state index in [0.29, 0.717) is 18.1 Å². The lowest BCUT2D eigenvalue weighted by Gasteiger charge is -2.19. The van der Waals surface area contributed by atoms with E-state index < -0.39 is 11.7 Å². The minimum Gasteiger partial charge on any atom is -0.350 e. The first-order valence-electron chi connectivity index (χ1n) is 7.35. The number of aliphatic imine (C=N–C) groups is 1. The van der Waals surface area contributed by atoms with Crippen molar-refractivity contribution in [2.75, 3.05) is 7.05 Å². The Bertz CT molecular complexity index is 715. The average Bonchev–Trinajstić information content (AvgIpc) is 2.96. The number of halogens is 4. The molecule has 25 heavy (non-hydrogen) atoms. The molecule has 1 aromatic carbocycles. The summed E-state index contributed by atoms with van der Waals surface area (Å²) in [6.07, 6.45) is -2.55. The SMILES string of the molecule is CN=C(NCc1ncc(C)s1)NC(C)c1cccc(C(F)(F)F)c1.I. The number of benzene rings is 1. The van der Waals surface area contributed by atoms with Crippen LogP contribution in [0.3, 0.4) is 0 Å². The third-order valence-electron chi connectivity index (χ3n) is 3.37. The molecule has 0 aliphatic rings. The third kappa shape index (κ3) is 6.46. The molecule has 1 unspecified atom stereocenters. The highest BCUT2D eigenvalue weighted by Crippen LogP contribution is 2.30. The van der Waals surface area contributed by atoms with Gasteiger partial charge in [-0.15, -0.1) is 35.3 Å². The summed E-state index contributed by atoms with van der Waals surface area (Å²) in [6.45, 7) is 4.27. The number of nitrogens with one attached hydrogen (secondary N) is 2. The smallest absolute Gasteiger partial charge is 0.350 e. The number of aryl methyl sites for hydroxylation is 1. The second-order valence-corrected chi connectivity index (χ2v) is 6.60. The van der Waals surface area contributed by atoms with Crippen LogP contribution in [-0.2, 0) is 12.7 Å². The summed E-state index contributed by atoms with van der Waals surface area (Å²) in [7, 11) is 1.61. The van der Waals surface area contributed by atoms with Gasteiger partial charge in [-0.2, -0.15) is 13.2 Å². The van der Waals surface area contributed by atoms with E-state index in [4.69, 9.17) is 0 Å². The number of thiazole rings is 1. The molecular weight excluding hydrogens is 464 g/mol. The van der Waals surface area contributed by atoms with Gasteiger partial charge in [0.05, 0.1) is 18.2 Å². The van der Waals surface area contributed by atoms with Crippen molar-refractivity contribution in [1.82, 2.24) is 15.6 Å². The number of hydrogen-bond donors (Lipinski definition) is 2. The molecular formula is C16H20F3IN4S. The monoisotopic (exact) mass is 484 g/mol. The summed E-state index contributed by atoms with van der Waals surface area (Å²) in [4.78, 5) is 9.46. The maximum absolute atomic E-state index is 12.8. The zero-order chi connectivity index (χ0) is 17.7. The second kappa shape index (κ2) is 9.37. The Morgan fingerprint density at radius 1 is 1.36 bits per heavy atom. The van der Waals surface area contributed by atoms with Gasteiger partial charge in [0.1, 0.15) is 5.01 Å². The zero-order valence-corrected chi connectivity index (χ0v) is 17.2. The molecule has 0 radical (unpaired) electrons. The molecule has 9 heteroatoms. The molecule has 138 valence electrons. The van der Waals surface area contributed by atoms with Gasteiger partial charge >= 0.3 is 6.18 Å². The fourth-order valence-corrected chi connectivity index (χ4v) is 2.84. The van der Waals surface area contributed by atoms with Gasteiger partial charge in [-0.05, 0) is 31.5 Å². The lowest BCUT2D eigenvalue weighted by atomic mass is 10.1. The van der Waals surface area contributed by atoms with Crippen LogP contribution in [-0.4, -0.2) is 18.0 Å². The van der Waals surface area contributed by atoms with Gasteiger partial charge in [0.15, 0.2) is 5.96 Å². The lowest BCUT2D eigenvalue weighted by molar-refractivity contribution is -0.137. The van der Waals surface area contributed by atoms with E-state index in [1.165, 1.54) is 6.07 Å². The Morgan fingerprint density at radius 3 is 2.64 bits per heavy atom. The minimum absolute atomic E-state index is 0. The van der Waals surface area contributed by atoms with E-state index in [1.807, 2.05) is 6.92 Å². The van der Waals surface area contributed by atoms with E-state index in [1.54, 1.807) is 37.6 Å². The Labute approximate surface area is 166 Å². The predicted octanol–water partition coefficient (Wildman–Crippen LogP) is 4.51. The van der Waals surface area contributed by atoms with Crippen LogP contribution in [0.5, 0.6) is 0 Å². The van der Waals surface area contributed by atoms with Gasteiger partial charge in [-0.1, -0.05) is 12.1 Å². The molecule has 0 fully saturated rings. The largest absolute Gasteiger partial charge is 0.416 e. The average molecular weight is 484 g/mol. The predicted molar refractivity (Wildman–Crippen MR) is 105 cm³/mol. The lowest BCUT2D eigenvalue weighted by Crippen LogP contribution is -2.38. The van der Waals surface area contributed by atoms with Crippen molar-refractivity contribution in [1.29, 1.82) is 0 Å². The first kappa shape index (κ1) is 21.7. The first-order valence-corrected chi connectivity index (χ1v) is 8.17. The topological polar surface area (TPSA) is 49.3 Å². The summed E-state index contributed by atoms with van der Waals surface area (Å²) < 4.78 is 38.4. The number of nitrogens with zero attached hydrogens (tertiary/aromatic N) is 2. The van der Waals surface area contributed by atoms with Crippen LogP contribution >= 0.6 is 35.3 Å². The van der Waals surface area contributed by atoms with E-state index in [2.05, 4.69) is 20.6 Å². The van der Waals surface area contributed by atoms with Gasteiger partial charge in [0, 0.05) is 18.1 Å². The van der Waals surface area contributed by atoms with Crippen molar-refractivity contribution in [2.24, 2.45) is 4.99 Å². The standard InChI is InChI=1S/C16H19F3N4S.HI/c1-10-8-21-14(24-10)9-22-15(20-3)23-11(2)12-5-4-6-13(7-12)16(17,18)19;/h4-8,11H,9H2,1-3H3,(H2,20,22,23);1H. The molecule has 0 bridgehead atoms. The molecule has 1 heterocycles. The highest BCUT2D eigenvalue weighted by molar-refractivity contribution is 14.0.